The molecule has 1 aliphatic heterocycles. The summed E-state index contributed by atoms with van der Waals surface area (Å²) < 4.78 is 11.6. The van der Waals surface area contributed by atoms with Crippen LogP contribution in [0.1, 0.15) is 52.9 Å². The second kappa shape index (κ2) is 6.42. The van der Waals surface area contributed by atoms with E-state index in [1.807, 2.05) is 13.8 Å². The first-order chi connectivity index (χ1) is 9.45. The van der Waals surface area contributed by atoms with E-state index < -0.39 is 5.79 Å². The van der Waals surface area contributed by atoms with Gasteiger partial charge in [0.2, 0.25) is 0 Å². The van der Waals surface area contributed by atoms with E-state index in [1.165, 1.54) is 18.4 Å². The second-order valence-corrected chi connectivity index (χ2v) is 6.67. The maximum absolute atomic E-state index is 10.1. The number of unbranched alkanes of at least 4 members (excludes halogenated alkanes) is 2. The standard InChI is InChI=1S/C17H28O3/c1-4-5-6-7-8-14-9-15(18)11-17(10-14)12-19-16(2,3)20-13-17/h7-8,10,15,18H,4-6,9,11-13H2,1-3H3/b8-7+. The van der Waals surface area contributed by atoms with Gasteiger partial charge in [-0.2, -0.15) is 0 Å². The topological polar surface area (TPSA) is 38.7 Å². The summed E-state index contributed by atoms with van der Waals surface area (Å²) in [4.78, 5) is 0. The van der Waals surface area contributed by atoms with Gasteiger partial charge in [0.15, 0.2) is 5.79 Å². The Morgan fingerprint density at radius 1 is 1.35 bits per heavy atom. The summed E-state index contributed by atoms with van der Waals surface area (Å²) in [6, 6.07) is 0. The molecule has 114 valence electrons. The lowest BCUT2D eigenvalue weighted by Crippen LogP contribution is -2.48. The van der Waals surface area contributed by atoms with E-state index in [0.29, 0.717) is 13.2 Å². The minimum absolute atomic E-state index is 0.155. The average Bonchev–Trinajstić information content (AvgIpc) is 2.38. The number of hydrogen-bond acceptors (Lipinski definition) is 3. The van der Waals surface area contributed by atoms with Crippen LogP contribution in [0.3, 0.4) is 0 Å². The molecule has 1 saturated heterocycles. The molecule has 0 bridgehead atoms. The summed E-state index contributed by atoms with van der Waals surface area (Å²) in [6.45, 7) is 7.33. The van der Waals surface area contributed by atoms with Crippen LogP contribution >= 0.6 is 0 Å². The molecule has 1 unspecified atom stereocenters. The summed E-state index contributed by atoms with van der Waals surface area (Å²) in [5, 5.41) is 10.1. The highest BCUT2D eigenvalue weighted by Gasteiger charge is 2.42. The van der Waals surface area contributed by atoms with Crippen LogP contribution in [0.25, 0.3) is 0 Å². The monoisotopic (exact) mass is 280 g/mol. The number of allylic oxidation sites excluding steroid dienone is 2. The molecule has 0 amide bonds. The number of rotatable bonds is 4. The van der Waals surface area contributed by atoms with Crippen molar-refractivity contribution in [3.8, 4) is 0 Å². The number of ether oxygens (including phenoxy) is 2. The molecule has 1 atom stereocenters. The van der Waals surface area contributed by atoms with Crippen LogP contribution in [0.15, 0.2) is 23.8 Å². The maximum atomic E-state index is 10.1. The van der Waals surface area contributed by atoms with Crippen molar-refractivity contribution in [2.75, 3.05) is 13.2 Å². The van der Waals surface area contributed by atoms with Crippen molar-refractivity contribution in [3.63, 3.8) is 0 Å². The predicted octanol–water partition coefficient (Wildman–Crippen LogP) is 3.58. The Kier molecular flexibility index (Phi) is 5.05. The zero-order valence-corrected chi connectivity index (χ0v) is 13.0. The fourth-order valence-corrected chi connectivity index (χ4v) is 2.92. The second-order valence-electron chi connectivity index (χ2n) is 6.67. The third-order valence-electron chi connectivity index (χ3n) is 4.08. The van der Waals surface area contributed by atoms with Gasteiger partial charge in [0.25, 0.3) is 0 Å². The maximum Gasteiger partial charge on any atom is 0.162 e. The van der Waals surface area contributed by atoms with Crippen LogP contribution < -0.4 is 0 Å². The summed E-state index contributed by atoms with van der Waals surface area (Å²) in [7, 11) is 0. The predicted molar refractivity (Wildman–Crippen MR) is 80.4 cm³/mol. The highest BCUT2D eigenvalue weighted by atomic mass is 16.7. The fourth-order valence-electron chi connectivity index (χ4n) is 2.92. The Labute approximate surface area is 122 Å². The Morgan fingerprint density at radius 3 is 2.70 bits per heavy atom. The van der Waals surface area contributed by atoms with Crippen LogP contribution in [0.2, 0.25) is 0 Å². The number of aliphatic hydroxyl groups excluding tert-OH is 1. The lowest BCUT2D eigenvalue weighted by atomic mass is 9.75. The van der Waals surface area contributed by atoms with Crippen LogP contribution in [0.4, 0.5) is 0 Å². The van der Waals surface area contributed by atoms with Crippen LogP contribution in [0, 0.1) is 5.41 Å². The Balaban J connectivity index is 2.04. The first-order valence-electron chi connectivity index (χ1n) is 7.79. The summed E-state index contributed by atoms with van der Waals surface area (Å²) in [6.07, 6.45) is 11.4. The van der Waals surface area contributed by atoms with E-state index in [1.54, 1.807) is 0 Å². The minimum atomic E-state index is -0.501. The SMILES string of the molecule is CCCC/C=C/C1=CC2(COC(C)(C)OC2)CC(O)C1. The Morgan fingerprint density at radius 2 is 2.05 bits per heavy atom. The molecule has 0 saturated carbocycles. The molecule has 2 aliphatic rings. The minimum Gasteiger partial charge on any atom is -0.393 e. The van der Waals surface area contributed by atoms with Crippen LogP contribution in [-0.4, -0.2) is 30.2 Å². The first-order valence-corrected chi connectivity index (χ1v) is 7.79. The third-order valence-corrected chi connectivity index (χ3v) is 4.08. The van der Waals surface area contributed by atoms with Crippen LogP contribution in [0.5, 0.6) is 0 Å². The van der Waals surface area contributed by atoms with Gasteiger partial charge >= 0.3 is 0 Å². The Hall–Kier alpha value is -0.640. The molecule has 1 fully saturated rings. The molecular formula is C17H28O3. The average molecular weight is 280 g/mol. The molecule has 0 radical (unpaired) electrons. The van der Waals surface area contributed by atoms with E-state index in [0.717, 1.165) is 19.3 Å². The normalized spacial score (nSPS) is 28.8. The lowest BCUT2D eigenvalue weighted by Gasteiger charge is -2.44. The molecular weight excluding hydrogens is 252 g/mol. The molecule has 3 heteroatoms. The van der Waals surface area contributed by atoms with E-state index >= 15 is 0 Å². The van der Waals surface area contributed by atoms with Crippen molar-refractivity contribution in [1.82, 2.24) is 0 Å². The molecule has 0 aromatic heterocycles. The van der Waals surface area contributed by atoms with Gasteiger partial charge in [0.1, 0.15) is 0 Å². The summed E-state index contributed by atoms with van der Waals surface area (Å²) in [5.41, 5.74) is 1.06. The molecule has 0 aromatic rings. The summed E-state index contributed by atoms with van der Waals surface area (Å²) >= 11 is 0. The van der Waals surface area contributed by atoms with Gasteiger partial charge in [-0.15, -0.1) is 0 Å². The van der Waals surface area contributed by atoms with Crippen molar-refractivity contribution in [2.24, 2.45) is 5.41 Å². The molecule has 1 N–H and O–H groups in total. The van der Waals surface area contributed by atoms with Gasteiger partial charge in [-0.05, 0) is 38.7 Å². The zero-order valence-electron chi connectivity index (χ0n) is 13.0. The van der Waals surface area contributed by atoms with Crippen molar-refractivity contribution >= 4 is 0 Å². The molecule has 1 spiro atoms. The molecule has 1 aliphatic carbocycles. The summed E-state index contributed by atoms with van der Waals surface area (Å²) in [5.74, 6) is -0.501. The lowest BCUT2D eigenvalue weighted by molar-refractivity contribution is -0.280. The van der Waals surface area contributed by atoms with E-state index in [9.17, 15) is 5.11 Å². The van der Waals surface area contributed by atoms with Crippen molar-refractivity contribution < 1.29 is 14.6 Å². The van der Waals surface area contributed by atoms with Crippen molar-refractivity contribution in [3.05, 3.63) is 23.8 Å². The molecule has 20 heavy (non-hydrogen) atoms. The van der Waals surface area contributed by atoms with E-state index in [4.69, 9.17) is 9.47 Å². The van der Waals surface area contributed by atoms with Gasteiger partial charge in [-0.25, -0.2) is 0 Å². The Bertz CT molecular complexity index is 372. The van der Waals surface area contributed by atoms with Crippen LogP contribution in [-0.2, 0) is 9.47 Å². The van der Waals surface area contributed by atoms with Gasteiger partial charge < -0.3 is 14.6 Å². The first kappa shape index (κ1) is 15.7. The van der Waals surface area contributed by atoms with Gasteiger partial charge in [0.05, 0.1) is 19.3 Å². The third kappa shape index (κ3) is 4.18. The molecule has 0 aromatic carbocycles. The molecule has 1 heterocycles. The number of aliphatic hydroxyl groups is 1. The zero-order chi connectivity index (χ0) is 14.6. The van der Waals surface area contributed by atoms with Crippen molar-refractivity contribution in [1.29, 1.82) is 0 Å². The fraction of sp³-hybridized carbons (Fsp3) is 0.765. The largest absolute Gasteiger partial charge is 0.393 e. The van der Waals surface area contributed by atoms with Gasteiger partial charge in [-0.1, -0.05) is 38.0 Å². The molecule has 2 rings (SSSR count). The number of hydrogen-bond donors (Lipinski definition) is 1. The van der Waals surface area contributed by atoms with Gasteiger partial charge in [-0.3, -0.25) is 0 Å². The van der Waals surface area contributed by atoms with E-state index in [-0.39, 0.29) is 11.5 Å². The quantitative estimate of drug-likeness (QED) is 0.800. The molecule has 3 nitrogen and oxygen atoms in total. The smallest absolute Gasteiger partial charge is 0.162 e. The van der Waals surface area contributed by atoms with Gasteiger partial charge in [0, 0.05) is 5.41 Å². The highest BCUT2D eigenvalue weighted by Crippen LogP contribution is 2.40. The van der Waals surface area contributed by atoms with Crippen molar-refractivity contribution in [2.45, 2.75) is 64.8 Å². The van der Waals surface area contributed by atoms with E-state index in [2.05, 4.69) is 25.2 Å². The highest BCUT2D eigenvalue weighted by molar-refractivity contribution is 5.26.